The number of benzene rings is 3. The molecule has 12 nitrogen and oxygen atoms in total. The summed E-state index contributed by atoms with van der Waals surface area (Å²) in [7, 11) is 1.52. The van der Waals surface area contributed by atoms with Gasteiger partial charge in [0.25, 0.3) is 0 Å². The molecule has 0 aliphatic heterocycles. The van der Waals surface area contributed by atoms with Crippen molar-refractivity contribution in [3.63, 3.8) is 0 Å². The van der Waals surface area contributed by atoms with E-state index in [9.17, 15) is 13.6 Å². The van der Waals surface area contributed by atoms with Crippen molar-refractivity contribution in [2.45, 2.75) is 6.42 Å². The monoisotopic (exact) mass is 614 g/mol. The number of fused-ring (bicyclic) bond motifs is 1. The zero-order valence-electron chi connectivity index (χ0n) is 22.6. The molecule has 2 heterocycles. The molecule has 1 amide bonds. The third-order valence-corrected chi connectivity index (χ3v) is 7.11. The number of nitrogens with zero attached hydrogens (tertiary/aromatic N) is 7. The summed E-state index contributed by atoms with van der Waals surface area (Å²) < 4.78 is 31.6. The second kappa shape index (κ2) is 13.7. The predicted octanol–water partition coefficient (Wildman–Crippen LogP) is 5.72. The summed E-state index contributed by atoms with van der Waals surface area (Å²) in [6, 6.07) is 21.6. The number of carbonyl (C=O) groups is 1. The molecule has 216 valence electrons. The second-order valence-corrected chi connectivity index (χ2v) is 10.1. The lowest BCUT2D eigenvalue weighted by atomic mass is 10.2. The Morgan fingerprint density at radius 1 is 1.05 bits per heavy atom. The van der Waals surface area contributed by atoms with E-state index in [1.165, 1.54) is 31.4 Å². The van der Waals surface area contributed by atoms with Gasteiger partial charge < -0.3 is 14.6 Å². The summed E-state index contributed by atoms with van der Waals surface area (Å²) in [5.41, 5.74) is 2.62. The van der Waals surface area contributed by atoms with Crippen LogP contribution in [0.3, 0.4) is 0 Å². The van der Waals surface area contributed by atoms with Crippen molar-refractivity contribution in [2.24, 2.45) is 10.2 Å². The molecule has 0 fully saturated rings. The minimum absolute atomic E-state index is 0.0525. The molecule has 0 aliphatic rings. The van der Waals surface area contributed by atoms with Crippen LogP contribution < -0.4 is 19.3 Å². The number of anilines is 4. The number of para-hydroxylation sites is 2. The van der Waals surface area contributed by atoms with E-state index in [0.29, 0.717) is 40.5 Å². The maximum atomic E-state index is 12.8. The summed E-state index contributed by atoms with van der Waals surface area (Å²) in [6.07, 6.45) is 3.98. The Morgan fingerprint density at radius 3 is 2.56 bits per heavy atom. The van der Waals surface area contributed by atoms with Crippen LogP contribution in [-0.4, -0.2) is 43.3 Å². The lowest BCUT2D eigenvalue weighted by molar-refractivity contribution is 0.0992. The zero-order valence-corrected chi connectivity index (χ0v) is 24.2. The van der Waals surface area contributed by atoms with E-state index in [0.717, 1.165) is 9.87 Å². The molecule has 0 saturated heterocycles. The van der Waals surface area contributed by atoms with E-state index in [2.05, 4.69) is 35.4 Å². The molecule has 1 N–H and O–H groups in total. The molecule has 0 bridgehead atoms. The van der Waals surface area contributed by atoms with Crippen LogP contribution in [-0.2, 0) is 17.7 Å². The maximum Gasteiger partial charge on any atom is 0.360 e. The summed E-state index contributed by atoms with van der Waals surface area (Å²) in [6.45, 7) is 0.331. The Labute approximate surface area is 253 Å². The van der Waals surface area contributed by atoms with Crippen LogP contribution in [0.5, 0.6) is 5.75 Å². The largest absolute Gasteiger partial charge is 0.755 e. The Kier molecular flexibility index (Phi) is 9.39. The fourth-order valence-corrected chi connectivity index (χ4v) is 4.74. The highest BCUT2D eigenvalue weighted by Crippen LogP contribution is 2.36. The van der Waals surface area contributed by atoms with Crippen molar-refractivity contribution in [2.75, 3.05) is 23.3 Å². The number of rotatable bonds is 10. The lowest BCUT2D eigenvalue weighted by Crippen LogP contribution is -2.22. The summed E-state index contributed by atoms with van der Waals surface area (Å²) in [5.74, 6) is -0.126. The van der Waals surface area contributed by atoms with Gasteiger partial charge in [-0.25, -0.2) is 9.97 Å². The van der Waals surface area contributed by atoms with Crippen molar-refractivity contribution in [3.8, 4) is 5.75 Å². The number of amides is 1. The van der Waals surface area contributed by atoms with Gasteiger partial charge in [0.15, 0.2) is 11.6 Å². The van der Waals surface area contributed by atoms with Gasteiger partial charge in [-0.15, -0.1) is 0 Å². The van der Waals surface area contributed by atoms with E-state index in [1.807, 2.05) is 12.1 Å². The Balaban J connectivity index is 1.48. The van der Waals surface area contributed by atoms with Crippen LogP contribution in [0.2, 0.25) is 5.02 Å². The predicted molar refractivity (Wildman–Crippen MR) is 162 cm³/mol. The third kappa shape index (κ3) is 7.23. The number of halogens is 1. The van der Waals surface area contributed by atoms with Gasteiger partial charge in [-0.3, -0.25) is 18.3 Å². The number of aromatic nitrogens is 3. The number of pyridine rings is 1. The average molecular weight is 615 g/mol. The number of carbonyl (C=O) groups excluding carboxylic acids is 1. The van der Waals surface area contributed by atoms with Crippen LogP contribution in [0.25, 0.3) is 11.0 Å². The highest BCUT2D eigenvalue weighted by molar-refractivity contribution is 7.81. The molecule has 0 saturated carbocycles. The molecular formula is C29H23ClN8O4S. The smallest absolute Gasteiger partial charge is 0.360 e. The maximum absolute atomic E-state index is 12.8. The van der Waals surface area contributed by atoms with Gasteiger partial charge in [0, 0.05) is 18.5 Å². The number of hydrogen-bond acceptors (Lipinski definition) is 9. The first-order valence-corrected chi connectivity index (χ1v) is 14.2. The molecule has 0 spiro atoms. The summed E-state index contributed by atoms with van der Waals surface area (Å²) in [4.78, 5) is 29.6. The summed E-state index contributed by atoms with van der Waals surface area (Å²) in [5, 5.41) is 11.0. The third-order valence-electron chi connectivity index (χ3n) is 6.10. The van der Waals surface area contributed by atoms with Gasteiger partial charge in [0.1, 0.15) is 17.4 Å². The van der Waals surface area contributed by atoms with Gasteiger partial charge in [-0.2, -0.15) is 0 Å². The highest BCUT2D eigenvalue weighted by atomic mass is 35.5. The lowest BCUT2D eigenvalue weighted by Gasteiger charge is -2.27. The molecule has 1 atom stereocenters. The molecule has 43 heavy (non-hydrogen) atoms. The first-order valence-electron chi connectivity index (χ1n) is 12.8. The van der Waals surface area contributed by atoms with E-state index >= 15 is 0 Å². The normalized spacial score (nSPS) is 11.3. The van der Waals surface area contributed by atoms with Crippen LogP contribution in [0.15, 0.2) is 101 Å². The van der Waals surface area contributed by atoms with Gasteiger partial charge in [-0.05, 0) is 66.6 Å². The second-order valence-electron chi connectivity index (χ2n) is 8.88. The quantitative estimate of drug-likeness (QED) is 0.119. The first kappa shape index (κ1) is 29.4. The van der Waals surface area contributed by atoms with Gasteiger partial charge in [-0.1, -0.05) is 29.8 Å². The summed E-state index contributed by atoms with van der Waals surface area (Å²) >= 11 is 3.53. The molecule has 5 rings (SSSR count). The van der Waals surface area contributed by atoms with Crippen LogP contribution in [0.4, 0.5) is 23.0 Å². The first-order chi connectivity index (χ1) is 20.9. The van der Waals surface area contributed by atoms with Crippen molar-refractivity contribution in [1.29, 1.82) is 0 Å². The minimum Gasteiger partial charge on any atom is -0.755 e. The van der Waals surface area contributed by atoms with Crippen LogP contribution >= 0.6 is 11.6 Å². The number of methoxy groups -OCH3 is 1. The van der Waals surface area contributed by atoms with Crippen molar-refractivity contribution >= 4 is 62.8 Å². The Morgan fingerprint density at radius 2 is 1.81 bits per heavy atom. The van der Waals surface area contributed by atoms with Gasteiger partial charge in [0.2, 0.25) is 10.0 Å². The van der Waals surface area contributed by atoms with E-state index < -0.39 is 17.2 Å². The Bertz CT molecular complexity index is 1870. The Hall–Kier alpha value is -5.07. The van der Waals surface area contributed by atoms with Gasteiger partial charge in [0.05, 0.1) is 51.4 Å². The standard InChI is InChI=1S/C29H23ClN8O4S/c1-42-22-9-10-23(30)26(18-22)34-27-28(35-25-8-3-2-7-24(25)33-27)38(43(40)41)21-6-4-5-20(17-21)29(39)36-37-32-16-13-19-11-14-31-15-12-19/h2-12,14-15,17-18H,13,16H2,1H3,(H-,33,34,40,41). The van der Waals surface area contributed by atoms with E-state index in [1.54, 1.807) is 54.9 Å². The topological polar surface area (TPSA) is 159 Å². The van der Waals surface area contributed by atoms with E-state index in [4.69, 9.17) is 16.3 Å². The molecular weight excluding hydrogens is 592 g/mol. The van der Waals surface area contributed by atoms with Crippen molar-refractivity contribution < 1.29 is 18.3 Å². The highest BCUT2D eigenvalue weighted by Gasteiger charge is 2.22. The zero-order chi connectivity index (χ0) is 30.2. The minimum atomic E-state index is -2.88. The molecule has 0 radical (unpaired) electrons. The van der Waals surface area contributed by atoms with E-state index in [-0.39, 0.29) is 22.9 Å². The fraction of sp³-hybridized carbons (Fsp3) is 0.103. The number of hydrogen-bond donors (Lipinski definition) is 1. The molecule has 14 heteroatoms. The molecule has 3 aromatic carbocycles. The average Bonchev–Trinajstić information content (AvgIpc) is 3.02. The molecule has 0 aliphatic carbocycles. The number of nitrogens with one attached hydrogen (secondary N) is 1. The van der Waals surface area contributed by atoms with Crippen molar-refractivity contribution in [3.05, 3.63) is 107 Å². The molecule has 5 aromatic rings. The molecule has 2 aromatic heterocycles. The SMILES string of the molecule is COc1ccc(Cl)c(Nc2nc3ccccc3nc2N(c2cccc(C(=O)N=[N+]=NCCc3ccncc3)c2)S(=O)[O-])c1. The fourth-order valence-electron chi connectivity index (χ4n) is 4.02. The van der Waals surface area contributed by atoms with Crippen LogP contribution in [0.1, 0.15) is 15.9 Å². The molecule has 1 unspecified atom stereocenters. The van der Waals surface area contributed by atoms with Crippen LogP contribution in [0, 0.1) is 0 Å². The van der Waals surface area contributed by atoms with Crippen molar-refractivity contribution in [1.82, 2.24) is 19.9 Å². The van der Waals surface area contributed by atoms with Gasteiger partial charge >= 0.3 is 5.91 Å². The number of ether oxygens (including phenoxy) is 1.